The van der Waals surface area contributed by atoms with Gasteiger partial charge in [0.05, 0.1) is 25.4 Å². The maximum Gasteiger partial charge on any atom is 0.214 e. The van der Waals surface area contributed by atoms with Crippen LogP contribution in [0.2, 0.25) is 0 Å². The Kier molecular flexibility index (Phi) is 6.68. The van der Waals surface area contributed by atoms with E-state index in [0.717, 1.165) is 23.6 Å². The van der Waals surface area contributed by atoms with Crippen LogP contribution >= 0.6 is 0 Å². The summed E-state index contributed by atoms with van der Waals surface area (Å²) in [6.07, 6.45) is 0. The number of hydrogen-bond donors (Lipinski definition) is 3. The maximum absolute atomic E-state index is 9.76. The lowest BCUT2D eigenvalue weighted by atomic mass is 10.2. The van der Waals surface area contributed by atoms with Gasteiger partial charge in [0, 0.05) is 6.54 Å². The number of aromatic hydroxyl groups is 1. The molecule has 0 aliphatic heterocycles. The van der Waals surface area contributed by atoms with E-state index in [1.54, 1.807) is 12.1 Å². The summed E-state index contributed by atoms with van der Waals surface area (Å²) in [6.45, 7) is 9.86. The molecule has 2 rings (SSSR count). The van der Waals surface area contributed by atoms with E-state index in [2.05, 4.69) is 20.6 Å². The molecule has 0 spiro atoms. The summed E-state index contributed by atoms with van der Waals surface area (Å²) in [4.78, 5) is 8.89. The van der Waals surface area contributed by atoms with Gasteiger partial charge in [-0.1, -0.05) is 6.07 Å². The van der Waals surface area contributed by atoms with Crippen LogP contribution in [-0.2, 0) is 13.1 Å². The first-order valence-corrected chi connectivity index (χ1v) is 8.43. The van der Waals surface area contributed by atoms with Crippen LogP contribution in [0.25, 0.3) is 0 Å². The predicted molar refractivity (Wildman–Crippen MR) is 96.9 cm³/mol. The first-order valence-electron chi connectivity index (χ1n) is 8.43. The number of oxazole rings is 1. The first kappa shape index (κ1) is 18.6. The number of phenols is 1. The predicted octanol–water partition coefficient (Wildman–Crippen LogP) is 2.65. The normalized spacial score (nSPS) is 11.4. The van der Waals surface area contributed by atoms with Crippen LogP contribution in [0.1, 0.15) is 36.8 Å². The summed E-state index contributed by atoms with van der Waals surface area (Å²) in [7, 11) is 0. The Labute approximate surface area is 148 Å². The Bertz CT molecular complexity index is 706. The van der Waals surface area contributed by atoms with Gasteiger partial charge >= 0.3 is 0 Å². The number of phenolic OH excluding ortho intramolecular Hbond substituents is 1. The molecule has 3 N–H and O–H groups in total. The number of guanidine groups is 1. The highest BCUT2D eigenvalue weighted by Gasteiger charge is 2.07. The lowest BCUT2D eigenvalue weighted by Crippen LogP contribution is -2.36. The Morgan fingerprint density at radius 2 is 2.08 bits per heavy atom. The number of aliphatic imine (C=N–C) groups is 1. The summed E-state index contributed by atoms with van der Waals surface area (Å²) < 4.78 is 11.0. The van der Waals surface area contributed by atoms with Gasteiger partial charge in [-0.2, -0.15) is 0 Å². The molecule has 25 heavy (non-hydrogen) atoms. The van der Waals surface area contributed by atoms with Gasteiger partial charge in [0.2, 0.25) is 5.89 Å². The number of benzene rings is 1. The summed E-state index contributed by atoms with van der Waals surface area (Å²) in [5.41, 5.74) is 1.84. The molecule has 0 saturated heterocycles. The van der Waals surface area contributed by atoms with Crippen LogP contribution in [0.4, 0.5) is 0 Å². The molecule has 0 amide bonds. The van der Waals surface area contributed by atoms with Crippen LogP contribution in [0.3, 0.4) is 0 Å². The molecular formula is C18H26N4O3. The third-order valence-electron chi connectivity index (χ3n) is 3.57. The lowest BCUT2D eigenvalue weighted by molar-refractivity contribution is 0.318. The third kappa shape index (κ3) is 5.41. The molecule has 0 atom stereocenters. The molecule has 0 fully saturated rings. The van der Waals surface area contributed by atoms with Crippen molar-refractivity contribution in [2.24, 2.45) is 4.99 Å². The topological polar surface area (TPSA) is 91.9 Å². The minimum Gasteiger partial charge on any atom is -0.504 e. The van der Waals surface area contributed by atoms with Gasteiger partial charge in [-0.25, -0.2) is 9.98 Å². The van der Waals surface area contributed by atoms with Crippen LogP contribution in [0.5, 0.6) is 11.5 Å². The monoisotopic (exact) mass is 346 g/mol. The van der Waals surface area contributed by atoms with E-state index >= 15 is 0 Å². The zero-order valence-electron chi connectivity index (χ0n) is 15.2. The van der Waals surface area contributed by atoms with Crippen LogP contribution in [-0.4, -0.2) is 29.2 Å². The molecule has 7 heteroatoms. The Morgan fingerprint density at radius 3 is 2.72 bits per heavy atom. The quantitative estimate of drug-likeness (QED) is 0.527. The Balaban J connectivity index is 2.02. The highest BCUT2D eigenvalue weighted by atomic mass is 16.5. The molecule has 1 aromatic heterocycles. The van der Waals surface area contributed by atoms with Crippen LogP contribution in [0.15, 0.2) is 27.6 Å². The average Bonchev–Trinajstić information content (AvgIpc) is 2.91. The summed E-state index contributed by atoms with van der Waals surface area (Å²) >= 11 is 0. The molecule has 0 aliphatic rings. The van der Waals surface area contributed by atoms with Crippen molar-refractivity contribution in [2.45, 2.75) is 40.8 Å². The largest absolute Gasteiger partial charge is 0.504 e. The molecule has 2 aromatic rings. The van der Waals surface area contributed by atoms with E-state index < -0.39 is 0 Å². The van der Waals surface area contributed by atoms with Crippen LogP contribution < -0.4 is 15.4 Å². The third-order valence-corrected chi connectivity index (χ3v) is 3.57. The second-order valence-electron chi connectivity index (χ2n) is 5.53. The zero-order valence-corrected chi connectivity index (χ0v) is 15.2. The van der Waals surface area contributed by atoms with E-state index in [1.165, 1.54) is 0 Å². The smallest absolute Gasteiger partial charge is 0.214 e. The van der Waals surface area contributed by atoms with Crippen molar-refractivity contribution in [1.29, 1.82) is 0 Å². The standard InChI is InChI=1S/C18H26N4O3/c1-5-19-18(21-11-17-22-12(3)13(4)25-17)20-10-14-7-8-15(23)16(9-14)24-6-2/h7-9,23H,5-6,10-11H2,1-4H3,(H2,19,20,21). The molecular weight excluding hydrogens is 320 g/mol. The fourth-order valence-electron chi connectivity index (χ4n) is 2.21. The van der Waals surface area contributed by atoms with Crippen molar-refractivity contribution in [3.63, 3.8) is 0 Å². The lowest BCUT2D eigenvalue weighted by Gasteiger charge is -2.11. The Morgan fingerprint density at radius 1 is 1.28 bits per heavy atom. The fraction of sp³-hybridized carbons (Fsp3) is 0.444. The molecule has 0 unspecified atom stereocenters. The molecule has 7 nitrogen and oxygen atoms in total. The number of hydrogen-bond acceptors (Lipinski definition) is 5. The van der Waals surface area contributed by atoms with E-state index in [4.69, 9.17) is 9.15 Å². The highest BCUT2D eigenvalue weighted by molar-refractivity contribution is 5.79. The fourth-order valence-corrected chi connectivity index (χ4v) is 2.21. The second kappa shape index (κ2) is 8.96. The van der Waals surface area contributed by atoms with Crippen molar-refractivity contribution in [3.8, 4) is 11.5 Å². The van der Waals surface area contributed by atoms with Gasteiger partial charge in [0.1, 0.15) is 5.76 Å². The first-order chi connectivity index (χ1) is 12.0. The van der Waals surface area contributed by atoms with Gasteiger partial charge in [-0.3, -0.25) is 0 Å². The number of nitrogens with one attached hydrogen (secondary N) is 2. The number of nitrogens with zero attached hydrogens (tertiary/aromatic N) is 2. The molecule has 0 bridgehead atoms. The maximum atomic E-state index is 9.76. The minimum absolute atomic E-state index is 0.134. The molecule has 1 heterocycles. The van der Waals surface area contributed by atoms with Crippen molar-refractivity contribution < 1.29 is 14.3 Å². The van der Waals surface area contributed by atoms with E-state index in [-0.39, 0.29) is 5.75 Å². The van der Waals surface area contributed by atoms with E-state index in [1.807, 2.05) is 33.8 Å². The highest BCUT2D eigenvalue weighted by Crippen LogP contribution is 2.27. The number of aryl methyl sites for hydroxylation is 2. The van der Waals surface area contributed by atoms with Crippen molar-refractivity contribution in [2.75, 3.05) is 13.2 Å². The number of ether oxygens (including phenoxy) is 1. The Hall–Kier alpha value is -2.70. The van der Waals surface area contributed by atoms with Crippen molar-refractivity contribution in [1.82, 2.24) is 15.6 Å². The van der Waals surface area contributed by atoms with Crippen molar-refractivity contribution in [3.05, 3.63) is 41.1 Å². The second-order valence-corrected chi connectivity index (χ2v) is 5.53. The zero-order chi connectivity index (χ0) is 18.2. The van der Waals surface area contributed by atoms with Gasteiger partial charge in [0.25, 0.3) is 0 Å². The molecule has 0 radical (unpaired) electrons. The SMILES string of the molecule is CCNC(=NCc1ccc(O)c(OCC)c1)NCc1nc(C)c(C)o1. The summed E-state index contributed by atoms with van der Waals surface area (Å²) in [5.74, 6) is 2.73. The average molecular weight is 346 g/mol. The minimum atomic E-state index is 0.134. The van der Waals surface area contributed by atoms with Gasteiger partial charge < -0.3 is 24.9 Å². The molecule has 0 saturated carbocycles. The van der Waals surface area contributed by atoms with Crippen molar-refractivity contribution >= 4 is 5.96 Å². The van der Waals surface area contributed by atoms with Crippen LogP contribution in [0, 0.1) is 13.8 Å². The molecule has 136 valence electrons. The molecule has 0 aliphatic carbocycles. The summed E-state index contributed by atoms with van der Waals surface area (Å²) in [6, 6.07) is 5.24. The number of rotatable bonds is 7. The van der Waals surface area contributed by atoms with E-state index in [0.29, 0.717) is 37.3 Å². The van der Waals surface area contributed by atoms with Gasteiger partial charge in [0.15, 0.2) is 17.5 Å². The van der Waals surface area contributed by atoms with E-state index in [9.17, 15) is 5.11 Å². The summed E-state index contributed by atoms with van der Waals surface area (Å²) in [5, 5.41) is 16.1. The molecule has 1 aromatic carbocycles. The van der Waals surface area contributed by atoms with Gasteiger partial charge in [-0.15, -0.1) is 0 Å². The number of aromatic nitrogens is 1. The van der Waals surface area contributed by atoms with Gasteiger partial charge in [-0.05, 0) is 45.4 Å².